The molecular weight excluding hydrogens is 216 g/mol. The molecule has 0 amide bonds. The molecule has 0 aliphatic heterocycles. The van der Waals surface area contributed by atoms with Crippen molar-refractivity contribution in [2.45, 2.75) is 0 Å². The van der Waals surface area contributed by atoms with Crippen LogP contribution in [0.2, 0.25) is 0 Å². The molecule has 0 aliphatic rings. The van der Waals surface area contributed by atoms with Gasteiger partial charge in [-0.05, 0) is 6.07 Å². The van der Waals surface area contributed by atoms with Crippen molar-refractivity contribution in [1.82, 2.24) is 0 Å². The van der Waals surface area contributed by atoms with Gasteiger partial charge in [0.2, 0.25) is 5.75 Å². The minimum absolute atomic E-state index is 0.0613. The largest absolute Gasteiger partial charge is 0.504 e. The van der Waals surface area contributed by atoms with Crippen molar-refractivity contribution in [3.63, 3.8) is 0 Å². The number of aliphatic hydroxyl groups excluding tert-OH is 1. The summed E-state index contributed by atoms with van der Waals surface area (Å²) in [5, 5.41) is 27.8. The molecule has 2 rings (SSSR count). The summed E-state index contributed by atoms with van der Waals surface area (Å²) in [4.78, 5) is 10.9. The first-order chi connectivity index (χ1) is 7.63. The normalized spacial score (nSPS) is 10.6. The van der Waals surface area contributed by atoms with Gasteiger partial charge >= 0.3 is 5.63 Å². The maximum atomic E-state index is 10.9. The van der Waals surface area contributed by atoms with Gasteiger partial charge in [-0.3, -0.25) is 0 Å². The number of aromatic hydroxyl groups is 2. The molecule has 6 heteroatoms. The third-order valence-corrected chi connectivity index (χ3v) is 2.04. The van der Waals surface area contributed by atoms with E-state index in [0.29, 0.717) is 0 Å². The first-order valence-corrected chi connectivity index (χ1v) is 4.36. The van der Waals surface area contributed by atoms with Gasteiger partial charge in [0, 0.05) is 12.1 Å². The number of phenolic OH excluding ortho intramolecular Hbond substituents is 2. The van der Waals surface area contributed by atoms with Crippen molar-refractivity contribution in [1.29, 1.82) is 0 Å². The van der Waals surface area contributed by atoms with E-state index in [9.17, 15) is 15.0 Å². The lowest BCUT2D eigenvalue weighted by Crippen LogP contribution is -1.99. The highest BCUT2D eigenvalue weighted by atomic mass is 16.6. The second kappa shape index (κ2) is 3.74. The number of hydrogen-bond donors (Lipinski definition) is 3. The van der Waals surface area contributed by atoms with Gasteiger partial charge in [0.25, 0.3) is 0 Å². The van der Waals surface area contributed by atoms with Crippen LogP contribution in [0.3, 0.4) is 0 Å². The Balaban J connectivity index is 2.83. The first-order valence-electron chi connectivity index (χ1n) is 4.36. The standard InChI is InChI=1S/C10H8O6/c11-4-15-10-5-1-2-8(13)16-7(5)3-6(12)9(10)14/h1-3,11-12,14H,4H2. The summed E-state index contributed by atoms with van der Waals surface area (Å²) >= 11 is 0. The molecule has 1 aromatic heterocycles. The molecule has 0 unspecified atom stereocenters. The second-order valence-corrected chi connectivity index (χ2v) is 3.01. The zero-order chi connectivity index (χ0) is 11.7. The van der Waals surface area contributed by atoms with Crippen LogP contribution in [-0.2, 0) is 0 Å². The number of ether oxygens (including phenoxy) is 1. The zero-order valence-electron chi connectivity index (χ0n) is 8.01. The van der Waals surface area contributed by atoms with Gasteiger partial charge in [-0.25, -0.2) is 4.79 Å². The molecule has 0 radical (unpaired) electrons. The summed E-state index contributed by atoms with van der Waals surface area (Å²) < 4.78 is 9.55. The van der Waals surface area contributed by atoms with E-state index in [-0.39, 0.29) is 16.7 Å². The summed E-state index contributed by atoms with van der Waals surface area (Å²) in [5.41, 5.74) is -0.529. The third-order valence-electron chi connectivity index (χ3n) is 2.04. The minimum Gasteiger partial charge on any atom is -0.504 e. The summed E-state index contributed by atoms with van der Waals surface area (Å²) in [7, 11) is 0. The molecule has 0 atom stereocenters. The summed E-state index contributed by atoms with van der Waals surface area (Å²) in [5.74, 6) is -1.15. The summed E-state index contributed by atoms with van der Waals surface area (Å²) in [6.07, 6.45) is 0. The Morgan fingerprint density at radius 1 is 1.31 bits per heavy atom. The fourth-order valence-corrected chi connectivity index (χ4v) is 1.37. The molecule has 0 saturated heterocycles. The number of benzene rings is 1. The molecule has 0 saturated carbocycles. The number of aliphatic hydroxyl groups is 1. The van der Waals surface area contributed by atoms with Gasteiger partial charge in [0.05, 0.1) is 5.39 Å². The molecule has 1 aromatic carbocycles. The Bertz CT molecular complexity index is 586. The highest BCUT2D eigenvalue weighted by Gasteiger charge is 2.15. The van der Waals surface area contributed by atoms with Gasteiger partial charge in [-0.2, -0.15) is 0 Å². The molecule has 84 valence electrons. The second-order valence-electron chi connectivity index (χ2n) is 3.01. The third kappa shape index (κ3) is 1.55. The SMILES string of the molecule is O=c1ccc2c(OCO)c(O)c(O)cc2o1. The van der Waals surface area contributed by atoms with Gasteiger partial charge in [-0.1, -0.05) is 0 Å². The van der Waals surface area contributed by atoms with Gasteiger partial charge in [0.15, 0.2) is 18.3 Å². The zero-order valence-corrected chi connectivity index (χ0v) is 8.01. The summed E-state index contributed by atoms with van der Waals surface area (Å²) in [6, 6.07) is 3.60. The van der Waals surface area contributed by atoms with Crippen LogP contribution in [0.15, 0.2) is 27.4 Å². The average Bonchev–Trinajstić information content (AvgIpc) is 2.24. The highest BCUT2D eigenvalue weighted by molar-refractivity contribution is 5.88. The molecule has 1 heterocycles. The fraction of sp³-hybridized carbons (Fsp3) is 0.100. The molecule has 0 aliphatic carbocycles. The van der Waals surface area contributed by atoms with Crippen LogP contribution in [0.4, 0.5) is 0 Å². The van der Waals surface area contributed by atoms with Crippen molar-refractivity contribution < 1.29 is 24.5 Å². The van der Waals surface area contributed by atoms with E-state index in [4.69, 9.17) is 14.3 Å². The molecule has 2 aromatic rings. The number of rotatable bonds is 2. The highest BCUT2D eigenvalue weighted by Crippen LogP contribution is 2.41. The Labute approximate surface area is 88.9 Å². The van der Waals surface area contributed by atoms with E-state index in [2.05, 4.69) is 0 Å². The van der Waals surface area contributed by atoms with E-state index in [1.165, 1.54) is 6.07 Å². The Morgan fingerprint density at radius 3 is 2.75 bits per heavy atom. The van der Waals surface area contributed by atoms with Crippen molar-refractivity contribution in [3.8, 4) is 17.2 Å². The van der Waals surface area contributed by atoms with Crippen LogP contribution < -0.4 is 10.4 Å². The predicted molar refractivity (Wildman–Crippen MR) is 53.5 cm³/mol. The topological polar surface area (TPSA) is 100 Å². The molecule has 0 spiro atoms. The number of fused-ring (bicyclic) bond motifs is 1. The molecular formula is C10H8O6. The predicted octanol–water partition coefficient (Wildman–Crippen LogP) is 0.533. The quantitative estimate of drug-likeness (QED) is 0.391. The fourth-order valence-electron chi connectivity index (χ4n) is 1.37. The maximum absolute atomic E-state index is 10.9. The van der Waals surface area contributed by atoms with Crippen LogP contribution in [0.1, 0.15) is 0 Å². The van der Waals surface area contributed by atoms with E-state index < -0.39 is 23.9 Å². The molecule has 0 bridgehead atoms. The lowest BCUT2D eigenvalue weighted by Gasteiger charge is -2.09. The smallest absolute Gasteiger partial charge is 0.336 e. The van der Waals surface area contributed by atoms with Gasteiger partial charge in [0.1, 0.15) is 5.58 Å². The Kier molecular flexibility index (Phi) is 2.41. The maximum Gasteiger partial charge on any atom is 0.336 e. The minimum atomic E-state index is -0.675. The van der Waals surface area contributed by atoms with Crippen LogP contribution in [0, 0.1) is 0 Å². The van der Waals surface area contributed by atoms with Gasteiger partial charge < -0.3 is 24.5 Å². The molecule has 16 heavy (non-hydrogen) atoms. The Hall–Kier alpha value is -2.21. The van der Waals surface area contributed by atoms with Crippen molar-refractivity contribution >= 4 is 11.0 Å². The van der Waals surface area contributed by atoms with Crippen molar-refractivity contribution in [2.75, 3.05) is 6.79 Å². The monoisotopic (exact) mass is 224 g/mol. The van der Waals surface area contributed by atoms with Crippen LogP contribution in [0.5, 0.6) is 17.2 Å². The molecule has 6 nitrogen and oxygen atoms in total. The van der Waals surface area contributed by atoms with Crippen molar-refractivity contribution in [3.05, 3.63) is 28.6 Å². The van der Waals surface area contributed by atoms with E-state index >= 15 is 0 Å². The molecule has 3 N–H and O–H groups in total. The van der Waals surface area contributed by atoms with Crippen LogP contribution in [-0.4, -0.2) is 22.1 Å². The molecule has 0 fully saturated rings. The first kappa shape index (κ1) is 10.3. The Morgan fingerprint density at radius 2 is 2.06 bits per heavy atom. The lowest BCUT2D eigenvalue weighted by molar-refractivity contribution is 0.0966. The van der Waals surface area contributed by atoms with E-state index in [1.54, 1.807) is 0 Å². The lowest BCUT2D eigenvalue weighted by atomic mass is 10.2. The number of hydrogen-bond acceptors (Lipinski definition) is 6. The van der Waals surface area contributed by atoms with Crippen molar-refractivity contribution in [2.24, 2.45) is 0 Å². The average molecular weight is 224 g/mol. The van der Waals surface area contributed by atoms with Gasteiger partial charge in [-0.15, -0.1) is 0 Å². The number of phenols is 2. The van der Waals surface area contributed by atoms with Crippen LogP contribution >= 0.6 is 0 Å². The van der Waals surface area contributed by atoms with E-state index in [0.717, 1.165) is 12.1 Å². The van der Waals surface area contributed by atoms with E-state index in [1.807, 2.05) is 0 Å². The summed E-state index contributed by atoms with van der Waals surface area (Å²) in [6.45, 7) is -0.675. The van der Waals surface area contributed by atoms with Crippen LogP contribution in [0.25, 0.3) is 11.0 Å².